The van der Waals surface area contributed by atoms with Crippen LogP contribution in [0.4, 0.5) is 0 Å². The Labute approximate surface area is 120 Å². The molecule has 1 saturated heterocycles. The third-order valence-electron chi connectivity index (χ3n) is 6.04. The van der Waals surface area contributed by atoms with Crippen LogP contribution >= 0.6 is 0 Å². The van der Waals surface area contributed by atoms with Gasteiger partial charge in [-0.25, -0.2) is 0 Å². The second-order valence-electron chi connectivity index (χ2n) is 7.37. The SMILES string of the molecule is CCC1CCN(C2(CN)CCCC(C(C)C)C2)CC1. The van der Waals surface area contributed by atoms with E-state index in [0.717, 1.165) is 24.3 Å². The van der Waals surface area contributed by atoms with Gasteiger partial charge in [-0.15, -0.1) is 0 Å². The highest BCUT2D eigenvalue weighted by atomic mass is 15.2. The van der Waals surface area contributed by atoms with E-state index in [1.54, 1.807) is 0 Å². The molecular weight excluding hydrogens is 232 g/mol. The van der Waals surface area contributed by atoms with Crippen molar-refractivity contribution in [3.8, 4) is 0 Å². The maximum Gasteiger partial charge on any atom is 0.0334 e. The lowest BCUT2D eigenvalue weighted by molar-refractivity contribution is 0.00198. The molecule has 2 atom stereocenters. The van der Waals surface area contributed by atoms with Gasteiger partial charge in [0.25, 0.3) is 0 Å². The van der Waals surface area contributed by atoms with Crippen LogP contribution in [0.1, 0.15) is 65.7 Å². The molecule has 0 spiro atoms. The maximum absolute atomic E-state index is 6.26. The minimum Gasteiger partial charge on any atom is -0.329 e. The third kappa shape index (κ3) is 3.33. The largest absolute Gasteiger partial charge is 0.329 e. The maximum atomic E-state index is 6.26. The fourth-order valence-corrected chi connectivity index (χ4v) is 4.37. The smallest absolute Gasteiger partial charge is 0.0334 e. The second-order valence-corrected chi connectivity index (χ2v) is 7.37. The normalized spacial score (nSPS) is 34.9. The van der Waals surface area contributed by atoms with Crippen LogP contribution in [0.3, 0.4) is 0 Å². The van der Waals surface area contributed by atoms with Crippen molar-refractivity contribution < 1.29 is 0 Å². The van der Waals surface area contributed by atoms with E-state index in [1.807, 2.05) is 0 Å². The first-order chi connectivity index (χ1) is 9.11. The summed E-state index contributed by atoms with van der Waals surface area (Å²) in [6, 6.07) is 0. The Kier molecular flexibility index (Phi) is 5.30. The summed E-state index contributed by atoms with van der Waals surface area (Å²) in [7, 11) is 0. The molecule has 0 aromatic carbocycles. The molecule has 1 heterocycles. The fourth-order valence-electron chi connectivity index (χ4n) is 4.37. The Morgan fingerprint density at radius 2 is 1.89 bits per heavy atom. The van der Waals surface area contributed by atoms with Gasteiger partial charge in [0.05, 0.1) is 0 Å². The lowest BCUT2D eigenvalue weighted by Gasteiger charge is -2.51. The molecule has 2 nitrogen and oxygen atoms in total. The lowest BCUT2D eigenvalue weighted by atomic mass is 9.70. The number of hydrogen-bond donors (Lipinski definition) is 1. The average molecular weight is 266 g/mol. The molecule has 0 amide bonds. The van der Waals surface area contributed by atoms with Gasteiger partial charge in [-0.3, -0.25) is 4.90 Å². The quantitative estimate of drug-likeness (QED) is 0.841. The van der Waals surface area contributed by atoms with E-state index in [4.69, 9.17) is 5.73 Å². The molecule has 1 saturated carbocycles. The predicted molar refractivity (Wildman–Crippen MR) is 83.2 cm³/mol. The highest BCUT2D eigenvalue weighted by Gasteiger charge is 2.41. The molecule has 2 heteroatoms. The van der Waals surface area contributed by atoms with Gasteiger partial charge in [-0.05, 0) is 56.5 Å². The number of rotatable bonds is 4. The Morgan fingerprint density at radius 1 is 1.21 bits per heavy atom. The van der Waals surface area contributed by atoms with Gasteiger partial charge < -0.3 is 5.73 Å². The third-order valence-corrected chi connectivity index (χ3v) is 6.04. The zero-order valence-electron chi connectivity index (χ0n) is 13.3. The van der Waals surface area contributed by atoms with Crippen LogP contribution in [-0.2, 0) is 0 Å². The van der Waals surface area contributed by atoms with Crippen molar-refractivity contribution >= 4 is 0 Å². The van der Waals surface area contributed by atoms with Crippen molar-refractivity contribution in [2.75, 3.05) is 19.6 Å². The van der Waals surface area contributed by atoms with Gasteiger partial charge in [-0.1, -0.05) is 40.0 Å². The molecule has 0 aromatic rings. The van der Waals surface area contributed by atoms with Gasteiger partial charge in [0.2, 0.25) is 0 Å². The van der Waals surface area contributed by atoms with Crippen molar-refractivity contribution in [1.29, 1.82) is 0 Å². The standard InChI is InChI=1S/C17H34N2/c1-4-15-7-10-19(11-8-15)17(13-18)9-5-6-16(12-17)14(2)3/h14-16H,4-13,18H2,1-3H3. The van der Waals surface area contributed by atoms with Crippen molar-refractivity contribution in [2.24, 2.45) is 23.5 Å². The number of nitrogens with zero attached hydrogens (tertiary/aromatic N) is 1. The van der Waals surface area contributed by atoms with Crippen LogP contribution < -0.4 is 5.73 Å². The topological polar surface area (TPSA) is 29.3 Å². The summed E-state index contributed by atoms with van der Waals surface area (Å²) in [5.41, 5.74) is 6.60. The molecule has 112 valence electrons. The Hall–Kier alpha value is -0.0800. The molecule has 1 aliphatic carbocycles. The van der Waals surface area contributed by atoms with Crippen LogP contribution in [0.2, 0.25) is 0 Å². The summed E-state index contributed by atoms with van der Waals surface area (Å²) in [5, 5.41) is 0. The van der Waals surface area contributed by atoms with E-state index in [-0.39, 0.29) is 0 Å². The van der Waals surface area contributed by atoms with Crippen molar-refractivity contribution in [3.63, 3.8) is 0 Å². The van der Waals surface area contributed by atoms with E-state index in [1.165, 1.54) is 58.0 Å². The van der Waals surface area contributed by atoms with Crippen LogP contribution in [0, 0.1) is 17.8 Å². The van der Waals surface area contributed by atoms with E-state index in [9.17, 15) is 0 Å². The predicted octanol–water partition coefficient (Wildman–Crippen LogP) is 3.65. The number of likely N-dealkylation sites (tertiary alicyclic amines) is 1. The first-order valence-corrected chi connectivity index (χ1v) is 8.56. The number of nitrogens with two attached hydrogens (primary N) is 1. The Morgan fingerprint density at radius 3 is 2.42 bits per heavy atom. The molecule has 2 rings (SSSR count). The average Bonchev–Trinajstić information content (AvgIpc) is 2.47. The van der Waals surface area contributed by atoms with E-state index in [0.29, 0.717) is 5.54 Å². The fraction of sp³-hybridized carbons (Fsp3) is 1.00. The van der Waals surface area contributed by atoms with Gasteiger partial charge in [0.1, 0.15) is 0 Å². The molecule has 19 heavy (non-hydrogen) atoms. The molecule has 1 aliphatic heterocycles. The first kappa shape index (κ1) is 15.3. The van der Waals surface area contributed by atoms with Gasteiger partial charge in [-0.2, -0.15) is 0 Å². The van der Waals surface area contributed by atoms with Gasteiger partial charge in [0.15, 0.2) is 0 Å². The first-order valence-electron chi connectivity index (χ1n) is 8.56. The van der Waals surface area contributed by atoms with Crippen molar-refractivity contribution in [3.05, 3.63) is 0 Å². The molecule has 2 fully saturated rings. The second kappa shape index (κ2) is 6.58. The van der Waals surface area contributed by atoms with Crippen LogP contribution in [0.15, 0.2) is 0 Å². The monoisotopic (exact) mass is 266 g/mol. The summed E-state index contributed by atoms with van der Waals surface area (Å²) in [4.78, 5) is 2.77. The van der Waals surface area contributed by atoms with Gasteiger partial charge in [0, 0.05) is 12.1 Å². The summed E-state index contributed by atoms with van der Waals surface area (Å²) in [5.74, 6) is 2.68. The molecule has 2 N–H and O–H groups in total. The van der Waals surface area contributed by atoms with E-state index in [2.05, 4.69) is 25.7 Å². The van der Waals surface area contributed by atoms with Crippen LogP contribution in [-0.4, -0.2) is 30.1 Å². The van der Waals surface area contributed by atoms with E-state index >= 15 is 0 Å². The van der Waals surface area contributed by atoms with E-state index < -0.39 is 0 Å². The zero-order valence-corrected chi connectivity index (χ0v) is 13.3. The number of hydrogen-bond acceptors (Lipinski definition) is 2. The highest BCUT2D eigenvalue weighted by molar-refractivity contribution is 4.98. The molecule has 0 aromatic heterocycles. The van der Waals surface area contributed by atoms with Crippen molar-refractivity contribution in [2.45, 2.75) is 71.3 Å². The highest BCUT2D eigenvalue weighted by Crippen LogP contribution is 2.41. The number of piperidine rings is 1. The molecule has 2 unspecified atom stereocenters. The Bertz CT molecular complexity index is 268. The minimum atomic E-state index is 0.339. The molecule has 2 aliphatic rings. The summed E-state index contributed by atoms with van der Waals surface area (Å²) in [6.45, 7) is 10.6. The molecule has 0 bridgehead atoms. The van der Waals surface area contributed by atoms with Crippen LogP contribution in [0.25, 0.3) is 0 Å². The minimum absolute atomic E-state index is 0.339. The molecule has 0 radical (unpaired) electrons. The Balaban J connectivity index is 2.01. The summed E-state index contributed by atoms with van der Waals surface area (Å²) >= 11 is 0. The van der Waals surface area contributed by atoms with Crippen molar-refractivity contribution in [1.82, 2.24) is 4.90 Å². The molecular formula is C17H34N2. The summed E-state index contributed by atoms with van der Waals surface area (Å²) in [6.07, 6.45) is 9.63. The van der Waals surface area contributed by atoms with Gasteiger partial charge >= 0.3 is 0 Å². The zero-order chi connectivity index (χ0) is 13.9. The van der Waals surface area contributed by atoms with Crippen LogP contribution in [0.5, 0.6) is 0 Å². The lowest BCUT2D eigenvalue weighted by Crippen LogP contribution is -2.58. The summed E-state index contributed by atoms with van der Waals surface area (Å²) < 4.78 is 0.